The molecule has 0 amide bonds. The molecular formula is C17H20FNO. The van der Waals surface area contributed by atoms with Gasteiger partial charge in [0.15, 0.2) is 11.6 Å². The lowest BCUT2D eigenvalue weighted by molar-refractivity contribution is 0.385. The van der Waals surface area contributed by atoms with Crippen molar-refractivity contribution in [2.45, 2.75) is 25.3 Å². The van der Waals surface area contributed by atoms with Crippen LogP contribution in [0.15, 0.2) is 48.5 Å². The lowest BCUT2D eigenvalue weighted by Crippen LogP contribution is -2.11. The minimum Gasteiger partial charge on any atom is -0.494 e. The molecule has 0 aromatic heterocycles. The van der Waals surface area contributed by atoms with Gasteiger partial charge in [0.2, 0.25) is 0 Å². The highest BCUT2D eigenvalue weighted by molar-refractivity contribution is 5.32. The van der Waals surface area contributed by atoms with Crippen molar-refractivity contribution in [3.8, 4) is 5.75 Å². The number of ether oxygens (including phenoxy) is 1. The van der Waals surface area contributed by atoms with Crippen molar-refractivity contribution in [2.75, 3.05) is 7.11 Å². The van der Waals surface area contributed by atoms with Gasteiger partial charge in [0, 0.05) is 6.04 Å². The normalized spacial score (nSPS) is 12.2. The maximum atomic E-state index is 13.3. The van der Waals surface area contributed by atoms with Crippen LogP contribution in [0.1, 0.15) is 30.0 Å². The van der Waals surface area contributed by atoms with E-state index < -0.39 is 0 Å². The van der Waals surface area contributed by atoms with E-state index in [0.717, 1.165) is 24.8 Å². The Morgan fingerprint density at radius 1 is 1.15 bits per heavy atom. The molecule has 0 heterocycles. The summed E-state index contributed by atoms with van der Waals surface area (Å²) in [5, 5.41) is 0. The number of hydrogen-bond acceptors (Lipinski definition) is 2. The Bertz CT molecular complexity index is 542. The molecule has 3 heteroatoms. The molecule has 2 N–H and O–H groups in total. The second-order valence-electron chi connectivity index (χ2n) is 4.88. The molecule has 2 rings (SSSR count). The Hall–Kier alpha value is -1.87. The van der Waals surface area contributed by atoms with Crippen LogP contribution in [0.25, 0.3) is 0 Å². The molecular weight excluding hydrogens is 253 g/mol. The van der Waals surface area contributed by atoms with E-state index in [0.29, 0.717) is 0 Å². The molecule has 106 valence electrons. The Morgan fingerprint density at radius 3 is 2.60 bits per heavy atom. The molecule has 0 aliphatic carbocycles. The van der Waals surface area contributed by atoms with Crippen molar-refractivity contribution >= 4 is 0 Å². The number of halogens is 1. The fourth-order valence-electron chi connectivity index (χ4n) is 2.24. The Balaban J connectivity index is 1.90. The van der Waals surface area contributed by atoms with Gasteiger partial charge < -0.3 is 10.5 Å². The highest BCUT2D eigenvalue weighted by atomic mass is 19.1. The van der Waals surface area contributed by atoms with E-state index in [9.17, 15) is 4.39 Å². The van der Waals surface area contributed by atoms with Gasteiger partial charge in [-0.3, -0.25) is 0 Å². The third-order valence-electron chi connectivity index (χ3n) is 3.43. The van der Waals surface area contributed by atoms with Crippen LogP contribution in [0.5, 0.6) is 5.75 Å². The quantitative estimate of drug-likeness (QED) is 0.867. The van der Waals surface area contributed by atoms with Crippen LogP contribution in [0, 0.1) is 5.82 Å². The zero-order valence-corrected chi connectivity index (χ0v) is 11.7. The first-order valence-corrected chi connectivity index (χ1v) is 6.83. The van der Waals surface area contributed by atoms with E-state index in [1.165, 1.54) is 18.7 Å². The fourth-order valence-corrected chi connectivity index (χ4v) is 2.24. The summed E-state index contributed by atoms with van der Waals surface area (Å²) < 4.78 is 18.3. The Labute approximate surface area is 119 Å². The van der Waals surface area contributed by atoms with Crippen molar-refractivity contribution in [1.82, 2.24) is 0 Å². The van der Waals surface area contributed by atoms with E-state index in [2.05, 4.69) is 12.1 Å². The largest absolute Gasteiger partial charge is 0.494 e. The van der Waals surface area contributed by atoms with Crippen LogP contribution in [0.2, 0.25) is 0 Å². The predicted molar refractivity (Wildman–Crippen MR) is 79.3 cm³/mol. The highest BCUT2D eigenvalue weighted by Crippen LogP contribution is 2.24. The summed E-state index contributed by atoms with van der Waals surface area (Å²) in [7, 11) is 1.46. The van der Waals surface area contributed by atoms with E-state index in [1.807, 2.05) is 18.2 Å². The maximum absolute atomic E-state index is 13.3. The first-order valence-electron chi connectivity index (χ1n) is 6.83. The van der Waals surface area contributed by atoms with Gasteiger partial charge in [-0.15, -0.1) is 0 Å². The second-order valence-corrected chi connectivity index (χ2v) is 4.88. The third kappa shape index (κ3) is 3.81. The van der Waals surface area contributed by atoms with Crippen molar-refractivity contribution in [3.05, 3.63) is 65.5 Å². The summed E-state index contributed by atoms with van der Waals surface area (Å²) >= 11 is 0. The summed E-state index contributed by atoms with van der Waals surface area (Å²) in [4.78, 5) is 0. The molecule has 0 radical (unpaired) electrons. The summed E-state index contributed by atoms with van der Waals surface area (Å²) in [5.41, 5.74) is 8.38. The van der Waals surface area contributed by atoms with Crippen LogP contribution in [-0.2, 0) is 6.42 Å². The number of nitrogens with two attached hydrogens (primary N) is 1. The summed E-state index contributed by atoms with van der Waals surface area (Å²) in [6, 6.07) is 15.1. The van der Waals surface area contributed by atoms with E-state index in [4.69, 9.17) is 10.5 Å². The van der Waals surface area contributed by atoms with E-state index in [1.54, 1.807) is 12.1 Å². The van der Waals surface area contributed by atoms with Crippen LogP contribution in [0.4, 0.5) is 4.39 Å². The minimum absolute atomic E-state index is 0.0896. The minimum atomic E-state index is -0.354. The second kappa shape index (κ2) is 7.06. The standard InChI is InChI=1S/C17H20FNO/c1-20-17-12-14(10-11-15(17)18)16(19)9-5-8-13-6-3-2-4-7-13/h2-4,6-7,10-12,16H,5,8-9,19H2,1H3. The SMILES string of the molecule is COc1cc(C(N)CCCc2ccccc2)ccc1F. The van der Waals surface area contributed by atoms with Crippen LogP contribution >= 0.6 is 0 Å². The molecule has 0 saturated heterocycles. The molecule has 0 spiro atoms. The molecule has 1 atom stereocenters. The molecule has 0 aliphatic rings. The van der Waals surface area contributed by atoms with E-state index >= 15 is 0 Å². The van der Waals surface area contributed by atoms with Crippen molar-refractivity contribution < 1.29 is 9.13 Å². The number of rotatable bonds is 6. The molecule has 20 heavy (non-hydrogen) atoms. The maximum Gasteiger partial charge on any atom is 0.165 e. The smallest absolute Gasteiger partial charge is 0.165 e. The highest BCUT2D eigenvalue weighted by Gasteiger charge is 2.10. The van der Waals surface area contributed by atoms with Crippen molar-refractivity contribution in [1.29, 1.82) is 0 Å². The lowest BCUT2D eigenvalue weighted by atomic mass is 9.99. The Kier molecular flexibility index (Phi) is 5.13. The van der Waals surface area contributed by atoms with Crippen LogP contribution < -0.4 is 10.5 Å². The monoisotopic (exact) mass is 273 g/mol. The molecule has 2 nitrogen and oxygen atoms in total. The first-order chi connectivity index (χ1) is 9.70. The first kappa shape index (κ1) is 14.5. The van der Waals surface area contributed by atoms with Crippen LogP contribution in [0.3, 0.4) is 0 Å². The van der Waals surface area contributed by atoms with Crippen molar-refractivity contribution in [2.24, 2.45) is 5.73 Å². The summed E-state index contributed by atoms with van der Waals surface area (Å²) in [5.74, 6) is -0.103. The lowest BCUT2D eigenvalue weighted by Gasteiger charge is -2.13. The number of benzene rings is 2. The summed E-state index contributed by atoms with van der Waals surface area (Å²) in [6.45, 7) is 0. The van der Waals surface area contributed by atoms with Gasteiger partial charge in [0.25, 0.3) is 0 Å². The average Bonchev–Trinajstić information content (AvgIpc) is 2.48. The zero-order chi connectivity index (χ0) is 14.4. The van der Waals surface area contributed by atoms with Gasteiger partial charge in [-0.2, -0.15) is 0 Å². The number of hydrogen-bond donors (Lipinski definition) is 1. The molecule has 0 saturated carbocycles. The predicted octanol–water partition coefficient (Wildman–Crippen LogP) is 3.86. The topological polar surface area (TPSA) is 35.2 Å². The fraction of sp³-hybridized carbons (Fsp3) is 0.294. The van der Waals surface area contributed by atoms with Gasteiger partial charge in [-0.25, -0.2) is 4.39 Å². The summed E-state index contributed by atoms with van der Waals surface area (Å²) in [6.07, 6.45) is 2.88. The van der Waals surface area contributed by atoms with Gasteiger partial charge in [-0.05, 0) is 42.5 Å². The van der Waals surface area contributed by atoms with Gasteiger partial charge in [-0.1, -0.05) is 36.4 Å². The molecule has 0 bridgehead atoms. The van der Waals surface area contributed by atoms with Gasteiger partial charge in [0.05, 0.1) is 7.11 Å². The Morgan fingerprint density at radius 2 is 1.90 bits per heavy atom. The molecule has 0 aliphatic heterocycles. The third-order valence-corrected chi connectivity index (χ3v) is 3.43. The van der Waals surface area contributed by atoms with Crippen LogP contribution in [-0.4, -0.2) is 7.11 Å². The van der Waals surface area contributed by atoms with Gasteiger partial charge >= 0.3 is 0 Å². The molecule has 0 fully saturated rings. The van der Waals surface area contributed by atoms with Gasteiger partial charge in [0.1, 0.15) is 0 Å². The molecule has 2 aromatic rings. The number of methoxy groups -OCH3 is 1. The molecule has 1 unspecified atom stereocenters. The van der Waals surface area contributed by atoms with E-state index in [-0.39, 0.29) is 17.6 Å². The number of aryl methyl sites for hydroxylation is 1. The average molecular weight is 273 g/mol. The zero-order valence-electron chi connectivity index (χ0n) is 11.7. The molecule has 2 aromatic carbocycles. The van der Waals surface area contributed by atoms with Crippen molar-refractivity contribution in [3.63, 3.8) is 0 Å².